The number of nitrogens with one attached hydrogen (secondary N) is 1. The average molecular weight is 594 g/mol. The zero-order valence-electron chi connectivity index (χ0n) is 26.9. The molecule has 5 heteroatoms. The van der Waals surface area contributed by atoms with Crippen LogP contribution in [-0.4, -0.2) is 22.9 Å². The smallest absolute Gasteiger partial charge is 0.231 e. The number of amides is 1. The third-order valence-corrected chi connectivity index (χ3v) is 14.6. The van der Waals surface area contributed by atoms with E-state index in [1.165, 1.54) is 5.57 Å². The number of hydrogen-bond acceptors (Lipinski definition) is 3. The second-order valence-electron chi connectivity index (χ2n) is 16.4. The van der Waals surface area contributed by atoms with Gasteiger partial charge in [-0.15, -0.1) is 0 Å². The van der Waals surface area contributed by atoms with Crippen LogP contribution < -0.4 is 5.32 Å². The first-order chi connectivity index (χ1) is 19.6. The van der Waals surface area contributed by atoms with Gasteiger partial charge >= 0.3 is 0 Å². The Labute approximate surface area is 258 Å². The van der Waals surface area contributed by atoms with Gasteiger partial charge in [0.2, 0.25) is 5.91 Å². The molecular weight excluding hydrogens is 542 g/mol. The van der Waals surface area contributed by atoms with Gasteiger partial charge in [0, 0.05) is 18.0 Å². The molecule has 0 bridgehead atoms. The number of Topliss-reactive ketones (excluding diaryl/α,β-unsaturated/α-hetero) is 1. The van der Waals surface area contributed by atoms with Crippen LogP contribution in [0.4, 0.5) is 0 Å². The van der Waals surface area contributed by atoms with E-state index >= 15 is 0 Å². The van der Waals surface area contributed by atoms with Gasteiger partial charge in [-0.05, 0) is 119 Å². The molecule has 0 saturated heterocycles. The normalized spacial score (nSPS) is 42.5. The largest absolute Gasteiger partial charge is 0.393 e. The van der Waals surface area contributed by atoms with Crippen molar-refractivity contribution in [1.82, 2.24) is 5.32 Å². The van der Waals surface area contributed by atoms with Crippen LogP contribution in [0, 0.1) is 50.7 Å². The molecule has 1 aromatic rings. The van der Waals surface area contributed by atoms with Crippen molar-refractivity contribution >= 4 is 23.3 Å². The molecule has 2 N–H and O–H groups in total. The molecule has 4 saturated carbocycles. The molecule has 6 rings (SSSR count). The number of halogens is 1. The first kappa shape index (κ1) is 30.4. The molecule has 4 nitrogen and oxygen atoms in total. The lowest BCUT2D eigenvalue weighted by molar-refractivity contribution is -0.228. The van der Waals surface area contributed by atoms with E-state index in [-0.39, 0.29) is 51.3 Å². The number of allylic oxidation sites excluding steroid dienone is 1. The Kier molecular flexibility index (Phi) is 7.18. The summed E-state index contributed by atoms with van der Waals surface area (Å²) in [5.41, 5.74) is 2.58. The average Bonchev–Trinajstić information content (AvgIpc) is 3.24. The zero-order chi connectivity index (χ0) is 30.5. The van der Waals surface area contributed by atoms with Crippen molar-refractivity contribution in [3.05, 3.63) is 46.0 Å². The van der Waals surface area contributed by atoms with Gasteiger partial charge in [-0.1, -0.05) is 78.3 Å². The van der Waals surface area contributed by atoms with Crippen LogP contribution in [0.25, 0.3) is 0 Å². The van der Waals surface area contributed by atoms with Gasteiger partial charge in [0.05, 0.1) is 11.5 Å². The van der Waals surface area contributed by atoms with Crippen molar-refractivity contribution in [1.29, 1.82) is 0 Å². The number of aliphatic hydroxyl groups excluding tert-OH is 1. The van der Waals surface area contributed by atoms with Crippen LogP contribution in [0.3, 0.4) is 0 Å². The van der Waals surface area contributed by atoms with Crippen molar-refractivity contribution in [2.45, 2.75) is 119 Å². The lowest BCUT2D eigenvalue weighted by Gasteiger charge is -2.72. The number of carbonyl (C=O) groups is 2. The SMILES string of the molecule is CC(C)C1=C2[C@H]3CC[C@@H]4[C@@]5(C)CC[C@H](O)C(C)(C)[C@@H]5CC[C@@]4(C)[C@]3(C)CC[C@@]2(C(=O)NCc2ccccc2Cl)CC1=O. The third kappa shape index (κ3) is 3.95. The minimum atomic E-state index is -0.747. The minimum Gasteiger partial charge on any atom is -0.393 e. The molecule has 4 fully saturated rings. The van der Waals surface area contributed by atoms with Crippen molar-refractivity contribution in [3.63, 3.8) is 0 Å². The van der Waals surface area contributed by atoms with Crippen LogP contribution >= 0.6 is 11.6 Å². The number of ketones is 1. The highest BCUT2D eigenvalue weighted by Crippen LogP contribution is 2.76. The second-order valence-corrected chi connectivity index (χ2v) is 16.8. The van der Waals surface area contributed by atoms with Crippen LogP contribution in [0.15, 0.2) is 35.4 Å². The fraction of sp³-hybridized carbons (Fsp3) is 0.730. The van der Waals surface area contributed by atoms with Crippen molar-refractivity contribution in [3.8, 4) is 0 Å². The molecule has 0 heterocycles. The van der Waals surface area contributed by atoms with E-state index < -0.39 is 5.41 Å². The van der Waals surface area contributed by atoms with Gasteiger partial charge < -0.3 is 10.4 Å². The van der Waals surface area contributed by atoms with Crippen LogP contribution in [-0.2, 0) is 16.1 Å². The summed E-state index contributed by atoms with van der Waals surface area (Å²) in [6.07, 6.45) is 8.25. The first-order valence-electron chi connectivity index (χ1n) is 16.6. The van der Waals surface area contributed by atoms with E-state index in [0.29, 0.717) is 29.8 Å². The van der Waals surface area contributed by atoms with Gasteiger partial charge in [0.1, 0.15) is 0 Å². The lowest BCUT2D eigenvalue weighted by Crippen LogP contribution is -2.66. The standard InChI is InChI=1S/C37H52ClNO3/c1-22(2)30-26(40)20-37(32(42)39-21-23-10-8-9-11-25(23)38)19-18-35(6)24(31(30)37)12-13-28-34(5)16-15-29(41)33(3,4)27(34)14-17-36(28,35)7/h8-11,22,24,27-29,41H,12-21H2,1-7H3,(H,39,42)/t24-,27+,28-,29+,34+,35-,36-,37-/m1/s1. The molecule has 0 aromatic heterocycles. The van der Waals surface area contributed by atoms with E-state index in [2.05, 4.69) is 53.8 Å². The maximum atomic E-state index is 14.3. The van der Waals surface area contributed by atoms with Gasteiger partial charge in [0.15, 0.2) is 5.78 Å². The lowest BCUT2D eigenvalue weighted by atomic mass is 9.33. The quantitative estimate of drug-likeness (QED) is 0.369. The molecular formula is C37H52ClNO3. The molecule has 0 spiro atoms. The van der Waals surface area contributed by atoms with E-state index in [1.54, 1.807) is 0 Å². The summed E-state index contributed by atoms with van der Waals surface area (Å²) >= 11 is 6.44. The Morgan fingerprint density at radius 2 is 1.67 bits per heavy atom. The van der Waals surface area contributed by atoms with E-state index in [9.17, 15) is 14.7 Å². The predicted molar refractivity (Wildman–Crippen MR) is 169 cm³/mol. The number of fused-ring (bicyclic) bond motifs is 7. The van der Waals surface area contributed by atoms with Crippen molar-refractivity contribution in [2.75, 3.05) is 0 Å². The van der Waals surface area contributed by atoms with Gasteiger partial charge in [0.25, 0.3) is 0 Å². The first-order valence-corrected chi connectivity index (χ1v) is 17.0. The summed E-state index contributed by atoms with van der Waals surface area (Å²) in [4.78, 5) is 28.1. The van der Waals surface area contributed by atoms with Crippen molar-refractivity contribution in [2.24, 2.45) is 50.7 Å². The fourth-order valence-corrected chi connectivity index (χ4v) is 12.1. The summed E-state index contributed by atoms with van der Waals surface area (Å²) < 4.78 is 0. The third-order valence-electron chi connectivity index (χ3n) is 14.2. The van der Waals surface area contributed by atoms with Gasteiger partial charge in [-0.2, -0.15) is 0 Å². The minimum absolute atomic E-state index is 0.00874. The molecule has 230 valence electrons. The summed E-state index contributed by atoms with van der Waals surface area (Å²) in [5, 5.41) is 14.9. The Morgan fingerprint density at radius 3 is 2.36 bits per heavy atom. The Morgan fingerprint density at radius 1 is 0.952 bits per heavy atom. The molecule has 5 aliphatic rings. The molecule has 0 aliphatic heterocycles. The highest BCUT2D eigenvalue weighted by molar-refractivity contribution is 6.31. The number of aliphatic hydroxyl groups is 1. The zero-order valence-corrected chi connectivity index (χ0v) is 27.7. The van der Waals surface area contributed by atoms with E-state index in [1.807, 2.05) is 24.3 Å². The summed E-state index contributed by atoms with van der Waals surface area (Å²) in [6, 6.07) is 7.67. The van der Waals surface area contributed by atoms with Gasteiger partial charge in [-0.25, -0.2) is 0 Å². The summed E-state index contributed by atoms with van der Waals surface area (Å²) in [7, 11) is 0. The number of benzene rings is 1. The maximum absolute atomic E-state index is 14.3. The number of hydrogen-bond donors (Lipinski definition) is 2. The monoisotopic (exact) mass is 593 g/mol. The van der Waals surface area contributed by atoms with Crippen LogP contribution in [0.2, 0.25) is 5.02 Å². The highest BCUT2D eigenvalue weighted by atomic mass is 35.5. The molecule has 0 radical (unpaired) electrons. The molecule has 0 unspecified atom stereocenters. The maximum Gasteiger partial charge on any atom is 0.231 e. The Hall–Kier alpha value is -1.65. The molecule has 42 heavy (non-hydrogen) atoms. The Bertz CT molecular complexity index is 1330. The summed E-state index contributed by atoms with van der Waals surface area (Å²) in [5.74, 6) is 1.64. The van der Waals surface area contributed by atoms with Crippen LogP contribution in [0.5, 0.6) is 0 Å². The molecule has 5 aliphatic carbocycles. The Balaban J connectivity index is 1.38. The molecule has 1 amide bonds. The molecule has 8 atom stereocenters. The van der Waals surface area contributed by atoms with Crippen LogP contribution in [0.1, 0.15) is 112 Å². The van der Waals surface area contributed by atoms with Gasteiger partial charge in [-0.3, -0.25) is 9.59 Å². The van der Waals surface area contributed by atoms with Crippen molar-refractivity contribution < 1.29 is 14.7 Å². The summed E-state index contributed by atoms with van der Waals surface area (Å²) in [6.45, 7) is 16.9. The fourth-order valence-electron chi connectivity index (χ4n) is 11.9. The highest BCUT2D eigenvalue weighted by Gasteiger charge is 2.70. The second kappa shape index (κ2) is 9.93. The van der Waals surface area contributed by atoms with E-state index in [0.717, 1.165) is 62.5 Å². The van der Waals surface area contributed by atoms with E-state index in [4.69, 9.17) is 11.6 Å². The molecule has 1 aromatic carbocycles. The number of carbonyl (C=O) groups excluding carboxylic acids is 2. The number of rotatable bonds is 4. The topological polar surface area (TPSA) is 66.4 Å². The predicted octanol–water partition coefficient (Wildman–Crippen LogP) is 8.30.